The van der Waals surface area contributed by atoms with Crippen LogP contribution in [0.15, 0.2) is 61.1 Å². The van der Waals surface area contributed by atoms with E-state index in [2.05, 4.69) is 9.97 Å². The molecule has 0 radical (unpaired) electrons. The minimum atomic E-state index is -1.15. The molecule has 1 aromatic heterocycles. The molecular weight excluding hydrogens is 312 g/mol. The van der Waals surface area contributed by atoms with E-state index in [1.165, 1.54) is 0 Å². The first-order valence-electron chi connectivity index (χ1n) is 8.36. The molecule has 4 heteroatoms. The Balaban J connectivity index is 1.99. The van der Waals surface area contributed by atoms with Gasteiger partial charge in [-0.25, -0.2) is 4.98 Å². The SMILES string of the molecule is CC(=O)c1cccc(-c2ccc(C(O)(c3c[nH]cn3)C(C)C)cc2)c1. The lowest BCUT2D eigenvalue weighted by atomic mass is 9.80. The summed E-state index contributed by atoms with van der Waals surface area (Å²) in [6.07, 6.45) is 3.30. The first-order valence-corrected chi connectivity index (χ1v) is 8.36. The van der Waals surface area contributed by atoms with Crippen molar-refractivity contribution in [2.45, 2.75) is 26.4 Å². The molecule has 128 valence electrons. The van der Waals surface area contributed by atoms with Crippen LogP contribution in [-0.2, 0) is 5.60 Å². The molecule has 0 bridgehead atoms. The highest BCUT2D eigenvalue weighted by molar-refractivity contribution is 5.95. The lowest BCUT2D eigenvalue weighted by Crippen LogP contribution is -2.33. The maximum atomic E-state index is 11.6. The van der Waals surface area contributed by atoms with Crippen molar-refractivity contribution in [1.82, 2.24) is 9.97 Å². The first-order chi connectivity index (χ1) is 11.9. The van der Waals surface area contributed by atoms with E-state index in [9.17, 15) is 9.90 Å². The molecule has 3 aromatic rings. The van der Waals surface area contributed by atoms with Gasteiger partial charge in [0.25, 0.3) is 0 Å². The Morgan fingerprint density at radius 3 is 2.40 bits per heavy atom. The van der Waals surface area contributed by atoms with Crippen LogP contribution in [0, 0.1) is 5.92 Å². The van der Waals surface area contributed by atoms with E-state index in [-0.39, 0.29) is 11.7 Å². The summed E-state index contributed by atoms with van der Waals surface area (Å²) in [6.45, 7) is 5.51. The molecule has 25 heavy (non-hydrogen) atoms. The van der Waals surface area contributed by atoms with Gasteiger partial charge in [0.05, 0.1) is 12.0 Å². The highest BCUT2D eigenvalue weighted by Gasteiger charge is 2.37. The number of H-pyrrole nitrogens is 1. The van der Waals surface area contributed by atoms with Gasteiger partial charge in [-0.15, -0.1) is 0 Å². The van der Waals surface area contributed by atoms with E-state index in [1.807, 2.05) is 62.4 Å². The predicted molar refractivity (Wildman–Crippen MR) is 98.3 cm³/mol. The smallest absolute Gasteiger partial charge is 0.159 e. The number of aromatic amines is 1. The van der Waals surface area contributed by atoms with Crippen molar-refractivity contribution >= 4 is 5.78 Å². The third-order valence-electron chi connectivity index (χ3n) is 4.65. The molecule has 0 amide bonds. The molecule has 0 saturated carbocycles. The summed E-state index contributed by atoms with van der Waals surface area (Å²) >= 11 is 0. The van der Waals surface area contributed by atoms with E-state index < -0.39 is 5.60 Å². The van der Waals surface area contributed by atoms with Gasteiger partial charge in [-0.05, 0) is 35.6 Å². The maximum absolute atomic E-state index is 11.6. The van der Waals surface area contributed by atoms with Crippen LogP contribution in [0.3, 0.4) is 0 Å². The van der Waals surface area contributed by atoms with Crippen molar-refractivity contribution in [3.63, 3.8) is 0 Å². The second kappa shape index (κ2) is 6.65. The number of rotatable bonds is 5. The topological polar surface area (TPSA) is 66.0 Å². The van der Waals surface area contributed by atoms with Crippen molar-refractivity contribution in [3.8, 4) is 11.1 Å². The van der Waals surface area contributed by atoms with Crippen molar-refractivity contribution < 1.29 is 9.90 Å². The molecule has 0 spiro atoms. The molecule has 2 N–H and O–H groups in total. The number of hydrogen-bond acceptors (Lipinski definition) is 3. The van der Waals surface area contributed by atoms with Crippen LogP contribution in [-0.4, -0.2) is 20.9 Å². The summed E-state index contributed by atoms with van der Waals surface area (Å²) in [5, 5.41) is 11.3. The van der Waals surface area contributed by atoms with E-state index in [1.54, 1.807) is 19.4 Å². The van der Waals surface area contributed by atoms with Gasteiger partial charge in [-0.2, -0.15) is 0 Å². The van der Waals surface area contributed by atoms with Crippen molar-refractivity contribution in [1.29, 1.82) is 0 Å². The number of nitrogens with zero attached hydrogens (tertiary/aromatic N) is 1. The zero-order valence-corrected chi connectivity index (χ0v) is 14.7. The second-order valence-corrected chi connectivity index (χ2v) is 6.59. The standard InChI is InChI=1S/C21H22N2O2/c1-14(2)21(25,20-12-22-13-23-20)19-9-7-16(8-10-19)18-6-4-5-17(11-18)15(3)24/h4-14,25H,1-3H3,(H,22,23). The quantitative estimate of drug-likeness (QED) is 0.688. The van der Waals surface area contributed by atoms with Crippen LogP contribution in [0.1, 0.15) is 42.4 Å². The molecule has 0 aliphatic heterocycles. The van der Waals surface area contributed by atoms with Gasteiger partial charge in [0, 0.05) is 11.8 Å². The Hall–Kier alpha value is -2.72. The van der Waals surface area contributed by atoms with Gasteiger partial charge >= 0.3 is 0 Å². The maximum Gasteiger partial charge on any atom is 0.159 e. The summed E-state index contributed by atoms with van der Waals surface area (Å²) in [7, 11) is 0. The average Bonchev–Trinajstić information content (AvgIpc) is 3.16. The molecule has 0 aliphatic carbocycles. The fourth-order valence-electron chi connectivity index (χ4n) is 3.08. The minimum Gasteiger partial charge on any atom is -0.378 e. The van der Waals surface area contributed by atoms with E-state index in [0.29, 0.717) is 11.3 Å². The van der Waals surface area contributed by atoms with Crippen LogP contribution in [0.4, 0.5) is 0 Å². The van der Waals surface area contributed by atoms with Crippen LogP contribution in [0.2, 0.25) is 0 Å². The molecule has 0 fully saturated rings. The van der Waals surface area contributed by atoms with Crippen LogP contribution in [0.25, 0.3) is 11.1 Å². The highest BCUT2D eigenvalue weighted by Crippen LogP contribution is 2.36. The fourth-order valence-corrected chi connectivity index (χ4v) is 3.08. The third kappa shape index (κ3) is 3.13. The predicted octanol–water partition coefficient (Wildman–Crippen LogP) is 4.17. The highest BCUT2D eigenvalue weighted by atomic mass is 16.3. The summed E-state index contributed by atoms with van der Waals surface area (Å²) in [5.74, 6) is 0.00822. The number of aliphatic hydroxyl groups is 1. The Bertz CT molecular complexity index is 867. The number of Topliss-reactive ketones (excluding diaryl/α,β-unsaturated/α-hetero) is 1. The number of aromatic nitrogens is 2. The van der Waals surface area contributed by atoms with Crippen molar-refractivity contribution in [2.24, 2.45) is 5.92 Å². The summed E-state index contributed by atoms with van der Waals surface area (Å²) in [4.78, 5) is 18.7. The van der Waals surface area contributed by atoms with Crippen LogP contribution >= 0.6 is 0 Å². The summed E-state index contributed by atoms with van der Waals surface area (Å²) < 4.78 is 0. The van der Waals surface area contributed by atoms with E-state index >= 15 is 0 Å². The van der Waals surface area contributed by atoms with Crippen LogP contribution in [0.5, 0.6) is 0 Å². The zero-order chi connectivity index (χ0) is 18.0. The van der Waals surface area contributed by atoms with Crippen molar-refractivity contribution in [2.75, 3.05) is 0 Å². The lowest BCUT2D eigenvalue weighted by molar-refractivity contribution is 0.0279. The van der Waals surface area contributed by atoms with Gasteiger partial charge in [0.1, 0.15) is 5.60 Å². The second-order valence-electron chi connectivity index (χ2n) is 6.59. The number of carbonyl (C=O) groups excluding carboxylic acids is 1. The number of ketones is 1. The Morgan fingerprint density at radius 2 is 1.84 bits per heavy atom. The minimum absolute atomic E-state index is 0.0392. The first kappa shape index (κ1) is 17.1. The van der Waals surface area contributed by atoms with Gasteiger partial charge in [-0.3, -0.25) is 4.79 Å². The van der Waals surface area contributed by atoms with E-state index in [4.69, 9.17) is 0 Å². The Morgan fingerprint density at radius 1 is 1.12 bits per heavy atom. The van der Waals surface area contributed by atoms with Crippen molar-refractivity contribution in [3.05, 3.63) is 77.9 Å². The Labute approximate surface area is 147 Å². The van der Waals surface area contributed by atoms with E-state index in [0.717, 1.165) is 16.7 Å². The average molecular weight is 334 g/mol. The van der Waals surface area contributed by atoms with Crippen LogP contribution < -0.4 is 0 Å². The number of hydrogen-bond donors (Lipinski definition) is 2. The number of carbonyl (C=O) groups is 1. The number of nitrogens with one attached hydrogen (secondary N) is 1. The molecule has 3 rings (SSSR count). The molecule has 4 nitrogen and oxygen atoms in total. The molecule has 0 aliphatic rings. The number of benzene rings is 2. The summed E-state index contributed by atoms with van der Waals surface area (Å²) in [5.41, 5.74) is 2.92. The molecule has 2 aromatic carbocycles. The number of imidazole rings is 1. The molecule has 1 atom stereocenters. The molecule has 1 unspecified atom stereocenters. The van der Waals surface area contributed by atoms with Gasteiger partial charge in [-0.1, -0.05) is 56.3 Å². The molecule has 0 saturated heterocycles. The fraction of sp³-hybridized carbons (Fsp3) is 0.238. The lowest BCUT2D eigenvalue weighted by Gasteiger charge is -2.31. The monoisotopic (exact) mass is 334 g/mol. The third-order valence-corrected chi connectivity index (χ3v) is 4.65. The zero-order valence-electron chi connectivity index (χ0n) is 14.7. The van der Waals surface area contributed by atoms with Gasteiger partial charge in [0.2, 0.25) is 0 Å². The largest absolute Gasteiger partial charge is 0.378 e. The van der Waals surface area contributed by atoms with Gasteiger partial charge < -0.3 is 10.1 Å². The normalized spacial score (nSPS) is 13.6. The summed E-state index contributed by atoms with van der Waals surface area (Å²) in [6, 6.07) is 15.3. The van der Waals surface area contributed by atoms with Gasteiger partial charge in [0.15, 0.2) is 5.78 Å². The molecule has 1 heterocycles. The Kier molecular flexibility index (Phi) is 4.55. The molecular formula is C21H22N2O2.